The number of aliphatic carboxylic acids is 1. The van der Waals surface area contributed by atoms with Crippen molar-refractivity contribution in [3.8, 4) is 0 Å². The van der Waals surface area contributed by atoms with Gasteiger partial charge in [0.25, 0.3) is 0 Å². The number of unbranched alkanes of at least 4 members (excludes halogenated alkanes) is 4. The Balaban J connectivity index is -0.000000135. The molecule has 0 amide bonds. The second kappa shape index (κ2) is 19.0. The molecular formula is C8H15Br2InO2. The predicted octanol–water partition coefficient (Wildman–Crippen LogP) is -5.28. The van der Waals surface area contributed by atoms with E-state index < -0.39 is 5.97 Å². The molecule has 0 atom stereocenters. The molecule has 0 fully saturated rings. The number of hydrogen-bond acceptors (Lipinski definition) is 2. The molecule has 0 N–H and O–H groups in total. The Hall–Kier alpha value is 1.30. The van der Waals surface area contributed by atoms with Crippen molar-refractivity contribution in [3.63, 3.8) is 0 Å². The average Bonchev–Trinajstić information content (AvgIpc) is 1.87. The SMILES string of the molecule is CCCCCCCC(=O)[O-].[Br-].[Br-].[In+3]. The van der Waals surface area contributed by atoms with E-state index in [1.807, 2.05) is 0 Å². The van der Waals surface area contributed by atoms with Crippen molar-refractivity contribution in [3.05, 3.63) is 0 Å². The minimum Gasteiger partial charge on any atom is -1.00 e. The third-order valence-electron chi connectivity index (χ3n) is 1.48. The molecule has 0 saturated carbocycles. The Labute approximate surface area is 120 Å². The van der Waals surface area contributed by atoms with Gasteiger partial charge in [-0.25, -0.2) is 0 Å². The number of carboxylic acid groups (broad SMARTS) is 1. The Morgan fingerprint density at radius 1 is 1.08 bits per heavy atom. The second-order valence-electron chi connectivity index (χ2n) is 2.54. The van der Waals surface area contributed by atoms with E-state index in [0.29, 0.717) is 0 Å². The van der Waals surface area contributed by atoms with Crippen LogP contribution in [0.4, 0.5) is 0 Å². The minimum atomic E-state index is -0.920. The van der Waals surface area contributed by atoms with Gasteiger partial charge >= 0.3 is 25.8 Å². The van der Waals surface area contributed by atoms with E-state index in [0.717, 1.165) is 19.3 Å². The third kappa shape index (κ3) is 24.7. The number of carboxylic acids is 1. The summed E-state index contributed by atoms with van der Waals surface area (Å²) in [6.07, 6.45) is 5.61. The van der Waals surface area contributed by atoms with E-state index >= 15 is 0 Å². The zero-order valence-electron chi connectivity index (χ0n) is 7.89. The van der Waals surface area contributed by atoms with E-state index in [9.17, 15) is 9.90 Å². The van der Waals surface area contributed by atoms with Crippen LogP contribution in [0.15, 0.2) is 0 Å². The number of hydrogen-bond donors (Lipinski definition) is 0. The van der Waals surface area contributed by atoms with E-state index in [2.05, 4.69) is 6.92 Å². The quantitative estimate of drug-likeness (QED) is 0.405. The first-order valence-corrected chi connectivity index (χ1v) is 3.97. The van der Waals surface area contributed by atoms with Crippen molar-refractivity contribution in [2.75, 3.05) is 0 Å². The molecule has 0 aromatic carbocycles. The first kappa shape index (κ1) is 23.8. The topological polar surface area (TPSA) is 40.1 Å². The summed E-state index contributed by atoms with van der Waals surface area (Å²) in [6, 6.07) is 0. The van der Waals surface area contributed by atoms with Crippen LogP contribution in [0, 0.1) is 0 Å². The number of rotatable bonds is 6. The van der Waals surface area contributed by atoms with Crippen LogP contribution in [0.3, 0.4) is 0 Å². The van der Waals surface area contributed by atoms with Gasteiger partial charge in [0.2, 0.25) is 0 Å². The van der Waals surface area contributed by atoms with Gasteiger partial charge in [0.05, 0.1) is 0 Å². The summed E-state index contributed by atoms with van der Waals surface area (Å²) in [5, 5.41) is 9.92. The van der Waals surface area contributed by atoms with E-state index in [4.69, 9.17) is 0 Å². The van der Waals surface area contributed by atoms with E-state index in [1.165, 1.54) is 12.8 Å². The summed E-state index contributed by atoms with van der Waals surface area (Å²) < 4.78 is 0. The van der Waals surface area contributed by atoms with Crippen LogP contribution in [0.5, 0.6) is 0 Å². The van der Waals surface area contributed by atoms with E-state index in [-0.39, 0.29) is 66.2 Å². The van der Waals surface area contributed by atoms with Crippen molar-refractivity contribution >= 4 is 31.8 Å². The van der Waals surface area contributed by atoms with Crippen molar-refractivity contribution in [1.82, 2.24) is 0 Å². The van der Waals surface area contributed by atoms with Crippen LogP contribution < -0.4 is 39.1 Å². The molecule has 0 aliphatic carbocycles. The smallest absolute Gasteiger partial charge is 1.00 e. The normalized spacial score (nSPS) is 7.46. The van der Waals surface area contributed by atoms with Crippen molar-refractivity contribution in [2.45, 2.75) is 45.4 Å². The molecule has 0 spiro atoms. The predicted molar refractivity (Wildman–Crippen MR) is 44.1 cm³/mol. The molecule has 0 aromatic rings. The number of halogens is 2. The second-order valence-corrected chi connectivity index (χ2v) is 2.54. The van der Waals surface area contributed by atoms with Crippen molar-refractivity contribution in [2.24, 2.45) is 0 Å². The van der Waals surface area contributed by atoms with Crippen LogP contribution in [-0.2, 0) is 4.79 Å². The molecule has 0 aliphatic rings. The zero-order chi connectivity index (χ0) is 7.82. The van der Waals surface area contributed by atoms with Gasteiger partial charge in [-0.15, -0.1) is 0 Å². The molecular weight excluding hydrogens is 403 g/mol. The largest absolute Gasteiger partial charge is 3.00 e. The summed E-state index contributed by atoms with van der Waals surface area (Å²) in [5.41, 5.74) is 0. The van der Waals surface area contributed by atoms with E-state index in [1.54, 1.807) is 0 Å². The van der Waals surface area contributed by atoms with Gasteiger partial charge in [0.15, 0.2) is 0 Å². The third-order valence-corrected chi connectivity index (χ3v) is 1.48. The van der Waals surface area contributed by atoms with Gasteiger partial charge in [-0.1, -0.05) is 32.6 Å². The van der Waals surface area contributed by atoms with Gasteiger partial charge in [-0.2, -0.15) is 0 Å². The Morgan fingerprint density at radius 3 is 1.92 bits per heavy atom. The van der Waals surface area contributed by atoms with Crippen LogP contribution >= 0.6 is 0 Å². The molecule has 13 heavy (non-hydrogen) atoms. The standard InChI is InChI=1S/C8H16O2.2BrH.In/c1-2-3-4-5-6-7-8(9)10;;;/h2-7H2,1H3,(H,9,10);2*1H;/q;;;+3/p-3. The van der Waals surface area contributed by atoms with Crippen molar-refractivity contribution < 1.29 is 43.9 Å². The molecule has 0 saturated heterocycles. The first-order valence-electron chi connectivity index (χ1n) is 3.97. The molecule has 0 radical (unpaired) electrons. The van der Waals surface area contributed by atoms with Gasteiger partial charge in [0.1, 0.15) is 0 Å². The van der Waals surface area contributed by atoms with Crippen LogP contribution in [0.25, 0.3) is 0 Å². The molecule has 0 bridgehead atoms. The molecule has 0 unspecified atom stereocenters. The fourth-order valence-electron chi connectivity index (χ4n) is 0.873. The van der Waals surface area contributed by atoms with Gasteiger partial charge in [-0.05, 0) is 12.8 Å². The average molecular weight is 418 g/mol. The molecule has 0 aromatic heterocycles. The Kier molecular flexibility index (Phi) is 34.8. The number of carbonyl (C=O) groups is 1. The summed E-state index contributed by atoms with van der Waals surface area (Å²) in [5.74, 6) is -0.920. The molecule has 76 valence electrons. The van der Waals surface area contributed by atoms with Gasteiger partial charge in [0, 0.05) is 5.97 Å². The molecule has 0 rings (SSSR count). The Morgan fingerprint density at radius 2 is 1.54 bits per heavy atom. The summed E-state index contributed by atoms with van der Waals surface area (Å²) >= 11 is 0. The summed E-state index contributed by atoms with van der Waals surface area (Å²) in [4.78, 5) is 9.92. The maximum atomic E-state index is 9.92. The van der Waals surface area contributed by atoms with Crippen LogP contribution in [0.2, 0.25) is 0 Å². The maximum Gasteiger partial charge on any atom is 3.00 e. The molecule has 5 heteroatoms. The van der Waals surface area contributed by atoms with Gasteiger partial charge in [-0.3, -0.25) is 0 Å². The Bertz CT molecular complexity index is 102. The minimum absolute atomic E-state index is 0. The van der Waals surface area contributed by atoms with Crippen LogP contribution in [0.1, 0.15) is 45.4 Å². The first-order chi connectivity index (χ1) is 4.77. The molecule has 0 heterocycles. The van der Waals surface area contributed by atoms with Crippen LogP contribution in [-0.4, -0.2) is 31.8 Å². The molecule has 2 nitrogen and oxygen atoms in total. The fraction of sp³-hybridized carbons (Fsp3) is 0.875. The fourth-order valence-corrected chi connectivity index (χ4v) is 0.873. The zero-order valence-corrected chi connectivity index (χ0v) is 14.4. The van der Waals surface area contributed by atoms with Gasteiger partial charge < -0.3 is 43.9 Å². The molecule has 0 aliphatic heterocycles. The summed E-state index contributed by atoms with van der Waals surface area (Å²) in [6.45, 7) is 2.14. The monoisotopic (exact) mass is 416 g/mol. The summed E-state index contributed by atoms with van der Waals surface area (Å²) in [7, 11) is 0. The maximum absolute atomic E-state index is 9.92. The number of carbonyl (C=O) groups excluding carboxylic acids is 1. The van der Waals surface area contributed by atoms with Crippen molar-refractivity contribution in [1.29, 1.82) is 0 Å².